The molecule has 2 unspecified atom stereocenters. The van der Waals surface area contributed by atoms with Crippen LogP contribution in [0.15, 0.2) is 65.6 Å². The van der Waals surface area contributed by atoms with Gasteiger partial charge in [0.05, 0.1) is 17.2 Å². The maximum absolute atomic E-state index is 13.1. The molecule has 0 aromatic heterocycles. The number of ether oxygens (including phenoxy) is 1. The van der Waals surface area contributed by atoms with E-state index < -0.39 is 9.84 Å². The number of carbonyl (C=O) groups is 1. The first kappa shape index (κ1) is 19.1. The van der Waals surface area contributed by atoms with Crippen molar-refractivity contribution in [2.75, 3.05) is 13.1 Å². The summed E-state index contributed by atoms with van der Waals surface area (Å²) in [5, 5.41) is 1.94. The Morgan fingerprint density at radius 3 is 2.67 bits per heavy atom. The molecule has 0 N–H and O–H groups in total. The van der Waals surface area contributed by atoms with E-state index in [0.717, 1.165) is 34.1 Å². The molecular weight excluding hydrogens is 398 g/mol. The molecule has 0 aliphatic carbocycles. The van der Waals surface area contributed by atoms with Crippen LogP contribution in [-0.4, -0.2) is 38.4 Å². The molecule has 1 amide bonds. The van der Waals surface area contributed by atoms with Crippen molar-refractivity contribution < 1.29 is 17.9 Å². The summed E-state index contributed by atoms with van der Waals surface area (Å²) < 4.78 is 32.2. The highest BCUT2D eigenvalue weighted by Gasteiger charge is 2.39. The van der Waals surface area contributed by atoms with Crippen LogP contribution in [0, 0.1) is 0 Å². The van der Waals surface area contributed by atoms with E-state index in [1.807, 2.05) is 53.4 Å². The van der Waals surface area contributed by atoms with Gasteiger partial charge in [-0.25, -0.2) is 8.42 Å². The third kappa shape index (κ3) is 3.35. The molecule has 0 radical (unpaired) electrons. The average molecular weight is 422 g/mol. The zero-order valence-corrected chi connectivity index (χ0v) is 17.6. The van der Waals surface area contributed by atoms with Crippen LogP contribution >= 0.6 is 0 Å². The monoisotopic (exact) mass is 421 g/mol. The van der Waals surface area contributed by atoms with Crippen molar-refractivity contribution in [3.8, 4) is 5.75 Å². The van der Waals surface area contributed by atoms with Gasteiger partial charge in [-0.05, 0) is 41.0 Å². The number of fused-ring (bicyclic) bond motifs is 4. The van der Waals surface area contributed by atoms with Gasteiger partial charge in [-0.2, -0.15) is 0 Å². The third-order valence-corrected chi connectivity index (χ3v) is 7.88. The molecule has 30 heavy (non-hydrogen) atoms. The number of carbonyl (C=O) groups excluding carboxylic acids is 1. The molecule has 3 aromatic rings. The van der Waals surface area contributed by atoms with E-state index in [0.29, 0.717) is 18.0 Å². The zero-order chi connectivity index (χ0) is 20.9. The summed E-state index contributed by atoms with van der Waals surface area (Å²) in [5.41, 5.74) is 1.83. The first-order valence-electron chi connectivity index (χ1n) is 10.2. The third-order valence-electron chi connectivity index (χ3n) is 6.19. The van der Waals surface area contributed by atoms with E-state index in [2.05, 4.69) is 0 Å². The van der Waals surface area contributed by atoms with Crippen LogP contribution in [0.5, 0.6) is 5.75 Å². The van der Waals surface area contributed by atoms with E-state index in [1.54, 1.807) is 19.1 Å². The fraction of sp³-hybridized carbons (Fsp3) is 0.292. The smallest absolute Gasteiger partial charge is 0.219 e. The van der Waals surface area contributed by atoms with E-state index in [9.17, 15) is 13.2 Å². The van der Waals surface area contributed by atoms with Crippen molar-refractivity contribution in [2.24, 2.45) is 0 Å². The second-order valence-electron chi connectivity index (χ2n) is 8.16. The number of sulfone groups is 1. The van der Waals surface area contributed by atoms with Gasteiger partial charge in [0.25, 0.3) is 0 Å². The molecular formula is C24H23NO4S. The molecule has 0 saturated carbocycles. The van der Waals surface area contributed by atoms with Gasteiger partial charge in [0.15, 0.2) is 9.84 Å². The van der Waals surface area contributed by atoms with Crippen LogP contribution in [0.25, 0.3) is 10.8 Å². The maximum atomic E-state index is 13.1. The van der Waals surface area contributed by atoms with Gasteiger partial charge in [0.2, 0.25) is 5.91 Å². The number of piperidine rings is 1. The zero-order valence-electron chi connectivity index (χ0n) is 16.7. The summed E-state index contributed by atoms with van der Waals surface area (Å²) in [6, 6.07) is 18.7. The molecule has 154 valence electrons. The maximum Gasteiger partial charge on any atom is 0.219 e. The molecule has 6 heteroatoms. The first-order chi connectivity index (χ1) is 14.4. The summed E-state index contributed by atoms with van der Waals surface area (Å²) >= 11 is 0. The summed E-state index contributed by atoms with van der Waals surface area (Å²) in [7, 11) is -3.47. The summed E-state index contributed by atoms with van der Waals surface area (Å²) in [4.78, 5) is 13.8. The van der Waals surface area contributed by atoms with Crippen LogP contribution in [0.4, 0.5) is 0 Å². The van der Waals surface area contributed by atoms with E-state index in [-0.39, 0.29) is 23.7 Å². The molecule has 2 aliphatic heterocycles. The lowest BCUT2D eigenvalue weighted by Crippen LogP contribution is -2.45. The van der Waals surface area contributed by atoms with Crippen molar-refractivity contribution in [1.29, 1.82) is 0 Å². The highest BCUT2D eigenvalue weighted by Crippen LogP contribution is 2.43. The van der Waals surface area contributed by atoms with E-state index >= 15 is 0 Å². The van der Waals surface area contributed by atoms with Gasteiger partial charge >= 0.3 is 0 Å². The lowest BCUT2D eigenvalue weighted by molar-refractivity contribution is -0.131. The van der Waals surface area contributed by atoms with Crippen molar-refractivity contribution in [3.63, 3.8) is 0 Å². The molecule has 2 heterocycles. The SMILES string of the molecule is CC(=O)N1CCC2c3cc(CS(=O)(=O)c4ccc5ccccc5c4)ccc3OC2C1. The Morgan fingerprint density at radius 2 is 1.87 bits per heavy atom. The second-order valence-corrected chi connectivity index (χ2v) is 10.1. The summed E-state index contributed by atoms with van der Waals surface area (Å²) in [6.45, 7) is 2.87. The second kappa shape index (κ2) is 7.13. The Hall–Kier alpha value is -2.86. The van der Waals surface area contributed by atoms with Crippen LogP contribution in [0.2, 0.25) is 0 Å². The Labute approximate surface area is 176 Å². The molecule has 0 bridgehead atoms. The first-order valence-corrected chi connectivity index (χ1v) is 11.8. The predicted molar refractivity (Wildman–Crippen MR) is 115 cm³/mol. The molecule has 3 aromatic carbocycles. The van der Waals surface area contributed by atoms with Crippen molar-refractivity contribution in [3.05, 3.63) is 71.8 Å². The van der Waals surface area contributed by atoms with Gasteiger partial charge in [0, 0.05) is 24.9 Å². The van der Waals surface area contributed by atoms with Gasteiger partial charge in [0.1, 0.15) is 11.9 Å². The normalized spacial score (nSPS) is 20.5. The molecule has 5 nitrogen and oxygen atoms in total. The number of hydrogen-bond acceptors (Lipinski definition) is 4. The lowest BCUT2D eigenvalue weighted by Gasteiger charge is -2.33. The van der Waals surface area contributed by atoms with Gasteiger partial charge in [-0.15, -0.1) is 0 Å². The minimum Gasteiger partial charge on any atom is -0.488 e. The minimum absolute atomic E-state index is 0.0461. The van der Waals surface area contributed by atoms with Gasteiger partial charge in [-0.1, -0.05) is 42.5 Å². The topological polar surface area (TPSA) is 63.7 Å². The number of nitrogens with zero attached hydrogens (tertiary/aromatic N) is 1. The molecule has 5 rings (SSSR count). The van der Waals surface area contributed by atoms with Crippen molar-refractivity contribution >= 4 is 26.5 Å². The number of rotatable bonds is 3. The van der Waals surface area contributed by atoms with E-state index in [1.165, 1.54) is 0 Å². The Kier molecular flexibility index (Phi) is 4.54. The molecule has 1 saturated heterocycles. The number of amides is 1. The highest BCUT2D eigenvalue weighted by molar-refractivity contribution is 7.90. The average Bonchev–Trinajstić information content (AvgIpc) is 3.10. The lowest BCUT2D eigenvalue weighted by atomic mass is 9.88. The highest BCUT2D eigenvalue weighted by atomic mass is 32.2. The van der Waals surface area contributed by atoms with Crippen LogP contribution < -0.4 is 4.74 Å². The summed E-state index contributed by atoms with van der Waals surface area (Å²) in [6.07, 6.45) is 0.781. The molecule has 0 spiro atoms. The predicted octanol–water partition coefficient (Wildman–Crippen LogP) is 3.91. The summed E-state index contributed by atoms with van der Waals surface area (Å²) in [5.74, 6) is 1.03. The van der Waals surface area contributed by atoms with Crippen molar-refractivity contribution in [2.45, 2.75) is 36.0 Å². The number of hydrogen-bond donors (Lipinski definition) is 0. The quantitative estimate of drug-likeness (QED) is 0.643. The van der Waals surface area contributed by atoms with Gasteiger partial charge < -0.3 is 9.64 Å². The Bertz CT molecular complexity index is 1250. The molecule has 2 atom stereocenters. The number of likely N-dealkylation sites (tertiary alicyclic amines) is 1. The van der Waals surface area contributed by atoms with Gasteiger partial charge in [-0.3, -0.25) is 4.79 Å². The minimum atomic E-state index is -3.47. The Morgan fingerprint density at radius 1 is 1.07 bits per heavy atom. The molecule has 1 fully saturated rings. The van der Waals surface area contributed by atoms with Crippen LogP contribution in [0.1, 0.15) is 30.4 Å². The fourth-order valence-electron chi connectivity index (χ4n) is 4.59. The van der Waals surface area contributed by atoms with Crippen molar-refractivity contribution in [1.82, 2.24) is 4.90 Å². The largest absolute Gasteiger partial charge is 0.488 e. The van der Waals surface area contributed by atoms with Crippen LogP contribution in [-0.2, 0) is 20.4 Å². The Balaban J connectivity index is 1.40. The number of benzene rings is 3. The molecule has 2 aliphatic rings. The fourth-order valence-corrected chi connectivity index (χ4v) is 5.96. The standard InChI is InChI=1S/C24H23NO4S/c1-16(26)25-11-10-21-22-12-17(6-9-23(22)29-24(21)14-25)15-30(27,28)20-8-7-18-4-2-3-5-19(18)13-20/h2-9,12-13,21,24H,10-11,14-15H2,1H3. The van der Waals surface area contributed by atoms with Crippen LogP contribution in [0.3, 0.4) is 0 Å². The van der Waals surface area contributed by atoms with E-state index in [4.69, 9.17) is 4.74 Å².